The Morgan fingerprint density at radius 1 is 1.56 bits per heavy atom. The van der Waals surface area contributed by atoms with Crippen LogP contribution in [0.4, 0.5) is 5.13 Å². The normalized spacial score (nSPS) is 30.8. The van der Waals surface area contributed by atoms with Crippen LogP contribution in [-0.4, -0.2) is 75.0 Å². The molecule has 2 fully saturated rings. The van der Waals surface area contributed by atoms with Gasteiger partial charge in [0.25, 0.3) is 0 Å². The maximum absolute atomic E-state index is 13.5. The van der Waals surface area contributed by atoms with Crippen molar-refractivity contribution in [2.75, 3.05) is 39.2 Å². The predicted octanol–water partition coefficient (Wildman–Crippen LogP) is 0.301. The van der Waals surface area contributed by atoms with E-state index in [4.69, 9.17) is 4.74 Å². The van der Waals surface area contributed by atoms with Gasteiger partial charge in [0.2, 0.25) is 14.2 Å². The van der Waals surface area contributed by atoms with E-state index >= 15 is 0 Å². The zero-order chi connectivity index (χ0) is 18.1. The Hall–Kier alpha value is -0.950. The summed E-state index contributed by atoms with van der Waals surface area (Å²) in [6.07, 6.45) is 4.48. The summed E-state index contributed by atoms with van der Waals surface area (Å²) >= 11 is 0.844. The van der Waals surface area contributed by atoms with Gasteiger partial charge in [0.15, 0.2) is 6.17 Å². The van der Waals surface area contributed by atoms with Crippen molar-refractivity contribution in [1.82, 2.24) is 25.1 Å². The van der Waals surface area contributed by atoms with Gasteiger partial charge in [-0.3, -0.25) is 9.96 Å². The van der Waals surface area contributed by atoms with Crippen LogP contribution in [0.1, 0.15) is 12.8 Å². The molecule has 140 valence electrons. The summed E-state index contributed by atoms with van der Waals surface area (Å²) in [6, 6.07) is 0. The SMILES string of the molecule is C=CCN1CC(NCC2CCCO2)[N+]([O-])(c2nnc(S(C)(=O)=O)s2)C1. The average molecular weight is 390 g/mol. The predicted molar refractivity (Wildman–Crippen MR) is 95.6 cm³/mol. The largest absolute Gasteiger partial charge is 0.623 e. The van der Waals surface area contributed by atoms with Crippen molar-refractivity contribution in [3.8, 4) is 0 Å². The molecular formula is C14H23N5O4S2. The Labute approximate surface area is 151 Å². The molecule has 3 atom stereocenters. The number of quaternary nitrogens is 1. The van der Waals surface area contributed by atoms with Gasteiger partial charge in [0.05, 0.1) is 12.6 Å². The lowest BCUT2D eigenvalue weighted by Gasteiger charge is -2.39. The van der Waals surface area contributed by atoms with Crippen LogP contribution in [0, 0.1) is 5.21 Å². The minimum absolute atomic E-state index is 0.114. The van der Waals surface area contributed by atoms with Gasteiger partial charge in [-0.15, -0.1) is 11.7 Å². The first-order chi connectivity index (χ1) is 11.8. The molecule has 0 spiro atoms. The molecule has 2 aliphatic heterocycles. The molecule has 3 heterocycles. The third kappa shape index (κ3) is 4.08. The van der Waals surface area contributed by atoms with Gasteiger partial charge in [-0.05, 0) is 24.2 Å². The van der Waals surface area contributed by atoms with Crippen molar-refractivity contribution < 1.29 is 13.2 Å². The molecule has 0 bridgehead atoms. The van der Waals surface area contributed by atoms with Crippen LogP contribution < -0.4 is 9.96 Å². The van der Waals surface area contributed by atoms with Crippen molar-refractivity contribution in [1.29, 1.82) is 0 Å². The fraction of sp³-hybridized carbons (Fsp3) is 0.714. The molecule has 1 N–H and O–H groups in total. The fourth-order valence-electron chi connectivity index (χ4n) is 3.13. The maximum Gasteiger partial charge on any atom is 0.310 e. The second-order valence-corrected chi connectivity index (χ2v) is 9.59. The Morgan fingerprint density at radius 3 is 2.96 bits per heavy atom. The molecule has 11 heteroatoms. The number of aromatic nitrogens is 2. The van der Waals surface area contributed by atoms with Gasteiger partial charge in [-0.2, -0.15) is 0 Å². The van der Waals surface area contributed by atoms with E-state index < -0.39 is 20.6 Å². The van der Waals surface area contributed by atoms with Crippen molar-refractivity contribution in [3.63, 3.8) is 0 Å². The maximum atomic E-state index is 13.5. The summed E-state index contributed by atoms with van der Waals surface area (Å²) in [6.45, 7) is 6.34. The Balaban J connectivity index is 1.80. The van der Waals surface area contributed by atoms with Crippen molar-refractivity contribution in [3.05, 3.63) is 17.9 Å². The van der Waals surface area contributed by atoms with E-state index in [0.29, 0.717) is 19.6 Å². The molecule has 0 radical (unpaired) electrons. The molecule has 0 saturated carbocycles. The number of rotatable bonds is 7. The molecule has 3 unspecified atom stereocenters. The molecule has 2 aliphatic rings. The molecule has 3 rings (SSSR count). The van der Waals surface area contributed by atoms with E-state index in [2.05, 4.69) is 22.1 Å². The van der Waals surface area contributed by atoms with E-state index in [1.807, 2.05) is 4.90 Å². The third-order valence-electron chi connectivity index (χ3n) is 4.37. The fourth-order valence-corrected chi connectivity index (χ4v) is 4.81. The average Bonchev–Trinajstić information content (AvgIpc) is 3.25. The van der Waals surface area contributed by atoms with Crippen molar-refractivity contribution in [2.45, 2.75) is 29.5 Å². The molecule has 1 aromatic rings. The summed E-state index contributed by atoms with van der Waals surface area (Å²) in [5, 5.41) is 24.6. The zero-order valence-electron chi connectivity index (χ0n) is 14.1. The monoisotopic (exact) mass is 389 g/mol. The third-order valence-corrected chi connectivity index (χ3v) is 7.08. The van der Waals surface area contributed by atoms with Crippen LogP contribution in [0.25, 0.3) is 0 Å². The molecule has 1 aromatic heterocycles. The highest BCUT2D eigenvalue weighted by molar-refractivity contribution is 7.92. The lowest BCUT2D eigenvalue weighted by Crippen LogP contribution is -2.57. The lowest BCUT2D eigenvalue weighted by molar-refractivity contribution is 0.103. The van der Waals surface area contributed by atoms with Crippen molar-refractivity contribution >= 4 is 26.3 Å². The highest BCUT2D eigenvalue weighted by Crippen LogP contribution is 2.34. The Morgan fingerprint density at radius 2 is 2.36 bits per heavy atom. The molecule has 0 aliphatic carbocycles. The number of sulfone groups is 1. The highest BCUT2D eigenvalue weighted by Gasteiger charge is 2.44. The van der Waals surface area contributed by atoms with Crippen LogP contribution in [0.5, 0.6) is 0 Å². The highest BCUT2D eigenvalue weighted by atomic mass is 32.2. The summed E-state index contributed by atoms with van der Waals surface area (Å²) in [5.41, 5.74) is 0. The van der Waals surface area contributed by atoms with E-state index in [9.17, 15) is 13.6 Å². The van der Waals surface area contributed by atoms with Crippen LogP contribution in [0.15, 0.2) is 17.0 Å². The van der Waals surface area contributed by atoms with Gasteiger partial charge >= 0.3 is 5.13 Å². The minimum atomic E-state index is -3.48. The number of nitrogens with zero attached hydrogens (tertiary/aromatic N) is 4. The molecule has 25 heavy (non-hydrogen) atoms. The number of hydroxylamine groups is 2. The van der Waals surface area contributed by atoms with Crippen LogP contribution in [-0.2, 0) is 14.6 Å². The number of hydrogen-bond donors (Lipinski definition) is 1. The second-order valence-electron chi connectivity index (χ2n) is 6.44. The van der Waals surface area contributed by atoms with Gasteiger partial charge in [-0.1, -0.05) is 11.2 Å². The molecule has 0 aromatic carbocycles. The Kier molecular flexibility index (Phi) is 5.54. The summed E-state index contributed by atoms with van der Waals surface area (Å²) in [4.78, 5) is 1.97. The molecule has 2 saturated heterocycles. The zero-order valence-corrected chi connectivity index (χ0v) is 15.8. The number of nitrogens with one attached hydrogen (secondary N) is 1. The van der Waals surface area contributed by atoms with E-state index in [-0.39, 0.29) is 22.2 Å². The van der Waals surface area contributed by atoms with Crippen LogP contribution in [0.3, 0.4) is 0 Å². The van der Waals surface area contributed by atoms with E-state index in [1.165, 1.54) is 0 Å². The quantitative estimate of drug-likeness (QED) is 0.403. The standard InChI is InChI=1S/C14H23N5O4S2/c1-3-6-18-9-12(15-8-11-5-4-7-23-11)19(20,10-18)13-16-17-14(24-13)25(2,21)22/h3,11-12,15H,1,4-10H2,2H3. The smallest absolute Gasteiger partial charge is 0.310 e. The van der Waals surface area contributed by atoms with Crippen LogP contribution >= 0.6 is 11.3 Å². The van der Waals surface area contributed by atoms with Gasteiger partial charge in [-0.25, -0.2) is 13.3 Å². The first-order valence-electron chi connectivity index (χ1n) is 8.14. The van der Waals surface area contributed by atoms with Crippen molar-refractivity contribution in [2.24, 2.45) is 0 Å². The first kappa shape index (κ1) is 18.8. The summed E-state index contributed by atoms with van der Waals surface area (Å²) < 4.78 is 28.0. The van der Waals surface area contributed by atoms with E-state index in [0.717, 1.165) is 37.0 Å². The molecule has 0 amide bonds. The number of hydrogen-bond acceptors (Lipinski definition) is 9. The van der Waals surface area contributed by atoms with Gasteiger partial charge in [0.1, 0.15) is 6.67 Å². The summed E-state index contributed by atoms with van der Waals surface area (Å²) in [5.74, 6) is 0. The lowest BCUT2D eigenvalue weighted by atomic mass is 10.2. The van der Waals surface area contributed by atoms with E-state index in [1.54, 1.807) is 6.08 Å². The Bertz CT molecular complexity index is 719. The minimum Gasteiger partial charge on any atom is -0.623 e. The number of ether oxygens (including phenoxy) is 1. The second kappa shape index (κ2) is 7.35. The summed E-state index contributed by atoms with van der Waals surface area (Å²) in [7, 11) is -3.48. The van der Waals surface area contributed by atoms with Crippen LogP contribution in [0.2, 0.25) is 0 Å². The van der Waals surface area contributed by atoms with Gasteiger partial charge < -0.3 is 9.94 Å². The molecular weight excluding hydrogens is 366 g/mol. The first-order valence-corrected chi connectivity index (χ1v) is 10.8. The molecule has 9 nitrogen and oxygen atoms in total. The van der Waals surface area contributed by atoms with Gasteiger partial charge in [0, 0.05) is 26.0 Å². The topological polar surface area (TPSA) is 107 Å².